The molecule has 0 radical (unpaired) electrons. The van der Waals surface area contributed by atoms with E-state index in [9.17, 15) is 0 Å². The molecule has 0 fully saturated rings. The third-order valence-corrected chi connectivity index (χ3v) is 0. The molecule has 12 heteroatoms. The van der Waals surface area contributed by atoms with E-state index in [1.165, 1.54) is 10.8 Å². The molecular formula is C2H9CoN7O2S2-3. The van der Waals surface area contributed by atoms with Crippen LogP contribution < -0.4 is 0 Å². The minimum absolute atomic E-state index is 0. The molecule has 0 aliphatic rings. The Morgan fingerprint density at radius 3 is 1.21 bits per heavy atom. The topological polar surface area (TPSA) is 234 Å². The minimum atomic E-state index is 0. The zero-order valence-corrected chi connectivity index (χ0v) is 9.41. The second-order valence-electron chi connectivity index (χ2n) is 0.266. The van der Waals surface area contributed by atoms with Gasteiger partial charge in [0.05, 0.1) is 0 Å². The number of thiol groups is 1. The molecule has 8 N–H and O–H groups in total. The van der Waals surface area contributed by atoms with Gasteiger partial charge in [0.1, 0.15) is 5.40 Å². The van der Waals surface area contributed by atoms with Crippen LogP contribution in [0.4, 0.5) is 0 Å². The monoisotopic (exact) mass is 286 g/mol. The second-order valence-corrected chi connectivity index (χ2v) is 0.648. The maximum absolute atomic E-state index is 8.00. The van der Waals surface area contributed by atoms with Crippen LogP contribution in [0.3, 0.4) is 0 Å². The molecular weight excluding hydrogens is 277 g/mol. The Labute approximate surface area is 104 Å². The molecule has 0 amide bonds. The average molecular weight is 286 g/mol. The van der Waals surface area contributed by atoms with Gasteiger partial charge in [-0.05, 0) is 0 Å². The van der Waals surface area contributed by atoms with Gasteiger partial charge in [0, 0.05) is 0 Å². The van der Waals surface area contributed by atoms with E-state index < -0.39 is 0 Å². The fourth-order valence-corrected chi connectivity index (χ4v) is 0. The SMILES string of the molecule is N#CS.N#C[S-].O=N[O-].[Co+3].[NH2-].[NH2-].[NH2-].[NH2-]. The average Bonchev–Trinajstić information content (AvgIpc) is 1.70. The van der Waals surface area contributed by atoms with Gasteiger partial charge < -0.3 is 47.3 Å². The smallest absolute Gasteiger partial charge is 0.696 e. The minimum Gasteiger partial charge on any atom is -0.696 e. The van der Waals surface area contributed by atoms with Crippen LogP contribution in [0.25, 0.3) is 24.6 Å². The van der Waals surface area contributed by atoms with Crippen molar-refractivity contribution < 1.29 is 16.8 Å². The number of thiocyanates is 2. The maximum Gasteiger partial charge on any atom is 3.00 e. The molecule has 0 atom stereocenters. The van der Waals surface area contributed by atoms with E-state index in [0.29, 0.717) is 0 Å². The van der Waals surface area contributed by atoms with E-state index in [1.54, 1.807) is 0 Å². The van der Waals surface area contributed by atoms with Gasteiger partial charge in [0.2, 0.25) is 0 Å². The van der Waals surface area contributed by atoms with Crippen LogP contribution >= 0.6 is 12.6 Å². The molecule has 0 saturated heterocycles. The summed E-state index contributed by atoms with van der Waals surface area (Å²) in [5, 5.41) is 26.1. The van der Waals surface area contributed by atoms with Gasteiger partial charge in [-0.15, -0.1) is 5.34 Å². The van der Waals surface area contributed by atoms with Gasteiger partial charge in [-0.1, -0.05) is 18.0 Å². The number of hydrogen-bond donors (Lipinski definition) is 1. The fourth-order valence-electron chi connectivity index (χ4n) is 0. The molecule has 88 valence electrons. The molecule has 0 bridgehead atoms. The molecule has 0 aromatic heterocycles. The van der Waals surface area contributed by atoms with E-state index in [0.717, 1.165) is 5.34 Å². The summed E-state index contributed by atoms with van der Waals surface area (Å²) in [7, 11) is 0. The number of nitriles is 2. The van der Waals surface area contributed by atoms with Gasteiger partial charge in [-0.25, -0.2) is 5.26 Å². The first kappa shape index (κ1) is 71.7. The molecule has 0 aromatic carbocycles. The Hall–Kier alpha value is -0.704. The quantitative estimate of drug-likeness (QED) is 0.230. The second kappa shape index (κ2) is 298. The predicted octanol–water partition coefficient (Wildman–Crippen LogP) is 3.53. The molecule has 0 spiro atoms. The van der Waals surface area contributed by atoms with E-state index in [4.69, 9.17) is 20.6 Å². The van der Waals surface area contributed by atoms with Crippen LogP contribution in [0.1, 0.15) is 0 Å². The van der Waals surface area contributed by atoms with Gasteiger partial charge >= 0.3 is 16.8 Å². The summed E-state index contributed by atoms with van der Waals surface area (Å²) in [6.45, 7) is 0. The van der Waals surface area contributed by atoms with Crippen molar-refractivity contribution in [2.75, 3.05) is 0 Å². The van der Waals surface area contributed by atoms with E-state index in [2.05, 4.69) is 25.3 Å². The van der Waals surface area contributed by atoms with Gasteiger partial charge in [-0.3, -0.25) is 0 Å². The summed E-state index contributed by atoms with van der Waals surface area (Å²) >= 11 is 6.79. The van der Waals surface area contributed by atoms with Crippen LogP contribution in [0.15, 0.2) is 5.34 Å². The maximum atomic E-state index is 8.00. The van der Waals surface area contributed by atoms with Crippen LogP contribution in [-0.2, 0) is 29.4 Å². The molecule has 14 heavy (non-hydrogen) atoms. The van der Waals surface area contributed by atoms with Crippen LogP contribution in [-0.4, -0.2) is 0 Å². The van der Waals surface area contributed by atoms with Crippen molar-refractivity contribution in [3.8, 4) is 10.8 Å². The number of hydrogen-bond acceptors (Lipinski definition) is 7. The summed E-state index contributed by atoms with van der Waals surface area (Å²) < 4.78 is 0. The Morgan fingerprint density at radius 2 is 1.21 bits per heavy atom. The third kappa shape index (κ3) is 2420. The number of rotatable bonds is 0. The molecule has 0 aliphatic carbocycles. The summed E-state index contributed by atoms with van der Waals surface area (Å²) in [5.74, 6) is 0. The normalized spacial score (nSPS) is 1.93. The fraction of sp³-hybridized carbons (Fsp3) is 0. The molecule has 0 heterocycles. The predicted molar refractivity (Wildman–Crippen MR) is 57.9 cm³/mol. The van der Waals surface area contributed by atoms with E-state index >= 15 is 0 Å². The van der Waals surface area contributed by atoms with E-state index in [1.807, 2.05) is 0 Å². The summed E-state index contributed by atoms with van der Waals surface area (Å²) in [4.78, 5) is 8.00. The molecule has 0 aliphatic heterocycles. The molecule has 0 saturated carbocycles. The van der Waals surface area contributed by atoms with Gasteiger partial charge in [0.15, 0.2) is 0 Å². The molecule has 0 rings (SSSR count). The molecule has 0 unspecified atom stereocenters. The molecule has 0 aromatic rings. The first-order valence-corrected chi connectivity index (χ1v) is 2.10. The van der Waals surface area contributed by atoms with Crippen molar-refractivity contribution in [1.82, 2.24) is 0 Å². The first-order valence-electron chi connectivity index (χ1n) is 1.24. The van der Waals surface area contributed by atoms with Gasteiger partial charge in [-0.2, -0.15) is 5.26 Å². The first-order chi connectivity index (χ1) is 4.24. The standard InChI is InChI=1S/2CHNS.Co.HNO2.4H2N/c2*2-1-3;;2-1-3;;;;/h2*3H;;(H,2,3);4*1H2/q;;+3;;4*-1/p-2. The van der Waals surface area contributed by atoms with Crippen molar-refractivity contribution in [2.24, 2.45) is 5.34 Å². The number of nitrogens with two attached hydrogens (primary N) is 4. The van der Waals surface area contributed by atoms with Crippen molar-refractivity contribution in [1.29, 1.82) is 10.5 Å². The van der Waals surface area contributed by atoms with Crippen molar-refractivity contribution in [3.05, 3.63) is 34.7 Å². The van der Waals surface area contributed by atoms with Crippen molar-refractivity contribution in [2.45, 2.75) is 0 Å². The van der Waals surface area contributed by atoms with Gasteiger partial charge in [0.25, 0.3) is 0 Å². The van der Waals surface area contributed by atoms with Crippen LogP contribution in [0.5, 0.6) is 0 Å². The Kier molecular flexibility index (Phi) is 1520. The van der Waals surface area contributed by atoms with E-state index in [-0.39, 0.29) is 41.4 Å². The Balaban J connectivity index is -0.00000000545. The summed E-state index contributed by atoms with van der Waals surface area (Å²) in [6, 6.07) is 0. The largest absolute Gasteiger partial charge is 3.00 e. The van der Waals surface area contributed by atoms with Crippen LogP contribution in [0, 0.1) is 31.4 Å². The molecule has 9 nitrogen and oxygen atoms in total. The van der Waals surface area contributed by atoms with Crippen molar-refractivity contribution >= 4 is 25.3 Å². The summed E-state index contributed by atoms with van der Waals surface area (Å²) in [6.07, 6.45) is 0. The summed E-state index contributed by atoms with van der Waals surface area (Å²) in [5.41, 5.74) is 0. The number of nitrogens with zero attached hydrogens (tertiary/aromatic N) is 3. The zero-order chi connectivity index (χ0) is 8.12. The van der Waals surface area contributed by atoms with Crippen LogP contribution in [0.2, 0.25) is 0 Å². The van der Waals surface area contributed by atoms with Crippen molar-refractivity contribution in [3.63, 3.8) is 0 Å². The third-order valence-electron chi connectivity index (χ3n) is 0. The Bertz CT molecular complexity index is 112. The zero-order valence-electron chi connectivity index (χ0n) is 6.66. The Morgan fingerprint density at radius 1 is 1.21 bits per heavy atom.